The van der Waals surface area contributed by atoms with Crippen LogP contribution >= 0.6 is 0 Å². The zero-order valence-corrected chi connectivity index (χ0v) is 18.2. The van der Waals surface area contributed by atoms with E-state index in [1.807, 2.05) is 0 Å². The molecule has 0 radical (unpaired) electrons. The molecule has 1 N–H and O–H groups in total. The zero-order chi connectivity index (χ0) is 20.3. The van der Waals surface area contributed by atoms with Crippen LogP contribution in [0.5, 0.6) is 0 Å². The summed E-state index contributed by atoms with van der Waals surface area (Å²) in [6.45, 7) is 11.9. The number of carbonyl (C=O) groups excluding carboxylic acids is 2. The molecule has 4 heteroatoms. The van der Waals surface area contributed by atoms with Crippen LogP contribution in [0.25, 0.3) is 0 Å². The van der Waals surface area contributed by atoms with E-state index in [2.05, 4.69) is 46.0 Å². The first-order valence-corrected chi connectivity index (χ1v) is 11.2. The van der Waals surface area contributed by atoms with Gasteiger partial charge >= 0.3 is 5.97 Å². The maximum absolute atomic E-state index is 13.1. The summed E-state index contributed by atoms with van der Waals surface area (Å²) in [6, 6.07) is 0. The monoisotopic (exact) mass is 387 g/mol. The molecule has 0 saturated heterocycles. The molecule has 3 fully saturated rings. The highest BCUT2D eigenvalue weighted by molar-refractivity contribution is 5.83. The van der Waals surface area contributed by atoms with E-state index in [0.717, 1.165) is 45.1 Å². The molecule has 156 valence electrons. The van der Waals surface area contributed by atoms with Crippen molar-refractivity contribution in [2.45, 2.75) is 79.2 Å². The van der Waals surface area contributed by atoms with Crippen LogP contribution in [0.1, 0.15) is 73.1 Å². The minimum absolute atomic E-state index is 0.0305. The number of nitrogens with one attached hydrogen (secondary N) is 1. The number of ether oxygens (including phenoxy) is 1. The van der Waals surface area contributed by atoms with E-state index in [4.69, 9.17) is 4.74 Å². The highest BCUT2D eigenvalue weighted by Crippen LogP contribution is 2.65. The minimum atomic E-state index is -0.182. The van der Waals surface area contributed by atoms with Crippen LogP contribution in [0, 0.1) is 39.9 Å². The molecule has 28 heavy (non-hydrogen) atoms. The van der Waals surface area contributed by atoms with Crippen molar-refractivity contribution in [1.82, 2.24) is 5.32 Å². The van der Waals surface area contributed by atoms with Crippen LogP contribution in [-0.4, -0.2) is 24.5 Å². The summed E-state index contributed by atoms with van der Waals surface area (Å²) in [5.74, 6) is 2.04. The van der Waals surface area contributed by atoms with Crippen molar-refractivity contribution in [2.24, 2.45) is 39.9 Å². The third-order valence-electron chi connectivity index (χ3n) is 8.64. The number of hydrogen-bond acceptors (Lipinski definition) is 3. The van der Waals surface area contributed by atoms with Gasteiger partial charge in [-0.05, 0) is 67.1 Å². The second-order valence-corrected chi connectivity index (χ2v) is 11.5. The first kappa shape index (κ1) is 20.0. The maximum atomic E-state index is 13.1. The summed E-state index contributed by atoms with van der Waals surface area (Å²) in [7, 11) is 0. The van der Waals surface area contributed by atoms with E-state index in [-0.39, 0.29) is 40.1 Å². The van der Waals surface area contributed by atoms with Crippen molar-refractivity contribution in [3.8, 4) is 0 Å². The second-order valence-electron chi connectivity index (χ2n) is 11.5. The summed E-state index contributed by atoms with van der Waals surface area (Å²) in [5, 5.41) is 3.24. The van der Waals surface area contributed by atoms with Crippen molar-refractivity contribution < 1.29 is 14.3 Å². The first-order valence-electron chi connectivity index (χ1n) is 11.2. The van der Waals surface area contributed by atoms with Crippen LogP contribution in [0.3, 0.4) is 0 Å². The number of hydrogen-bond donors (Lipinski definition) is 1. The van der Waals surface area contributed by atoms with Gasteiger partial charge in [0, 0.05) is 24.0 Å². The standard InChI is InChI=1S/C24H37NO3/c1-22(2,3)14-25-21(27)18-8-7-16-15-6-9-19-24(5,13-11-20(26)28-19)17(15)10-12-23(16,18)4/h11,13,15-19H,6-10,12,14H2,1-5H3,(H,25,27)/t15-,16-,17+,18?,19?,23-,24+/m0/s1. The number of esters is 1. The molecule has 0 bridgehead atoms. The predicted octanol–water partition coefficient (Wildman–Crippen LogP) is 4.49. The third-order valence-corrected chi connectivity index (χ3v) is 8.64. The average molecular weight is 388 g/mol. The molecule has 0 aromatic carbocycles. The lowest BCUT2D eigenvalue weighted by atomic mass is 9.48. The molecule has 1 heterocycles. The van der Waals surface area contributed by atoms with Crippen LogP contribution in [0.4, 0.5) is 0 Å². The van der Waals surface area contributed by atoms with Gasteiger partial charge < -0.3 is 10.1 Å². The molecule has 4 nitrogen and oxygen atoms in total. The maximum Gasteiger partial charge on any atom is 0.330 e. The highest BCUT2D eigenvalue weighted by Gasteiger charge is 2.61. The lowest BCUT2D eigenvalue weighted by Gasteiger charge is -2.58. The largest absolute Gasteiger partial charge is 0.458 e. The summed E-state index contributed by atoms with van der Waals surface area (Å²) < 4.78 is 5.71. The van der Waals surface area contributed by atoms with E-state index >= 15 is 0 Å². The summed E-state index contributed by atoms with van der Waals surface area (Å²) in [4.78, 5) is 24.8. The van der Waals surface area contributed by atoms with Gasteiger partial charge in [-0.15, -0.1) is 0 Å². The van der Waals surface area contributed by atoms with Gasteiger partial charge in [0.25, 0.3) is 0 Å². The molecular weight excluding hydrogens is 350 g/mol. The van der Waals surface area contributed by atoms with E-state index in [9.17, 15) is 9.59 Å². The fourth-order valence-electron chi connectivity index (χ4n) is 7.11. The van der Waals surface area contributed by atoms with Gasteiger partial charge in [0.1, 0.15) is 6.10 Å². The molecule has 0 aromatic heterocycles. The Hall–Kier alpha value is -1.32. The van der Waals surface area contributed by atoms with E-state index in [1.165, 1.54) is 0 Å². The average Bonchev–Trinajstić information content (AvgIpc) is 2.97. The molecule has 1 amide bonds. The lowest BCUT2D eigenvalue weighted by Crippen LogP contribution is -2.55. The molecule has 2 unspecified atom stereocenters. The number of amides is 1. The van der Waals surface area contributed by atoms with Gasteiger partial charge in [-0.1, -0.05) is 40.7 Å². The molecular formula is C24H37NO3. The van der Waals surface area contributed by atoms with Gasteiger partial charge in [-0.25, -0.2) is 4.79 Å². The number of fused-ring (bicyclic) bond motifs is 5. The number of carbonyl (C=O) groups is 2. The van der Waals surface area contributed by atoms with Crippen molar-refractivity contribution in [1.29, 1.82) is 0 Å². The lowest BCUT2D eigenvalue weighted by molar-refractivity contribution is -0.168. The van der Waals surface area contributed by atoms with Gasteiger partial charge in [0.05, 0.1) is 0 Å². The third kappa shape index (κ3) is 3.11. The topological polar surface area (TPSA) is 55.4 Å². The molecule has 4 aliphatic rings. The van der Waals surface area contributed by atoms with E-state index < -0.39 is 0 Å². The number of rotatable bonds is 2. The molecule has 7 atom stereocenters. The Morgan fingerprint density at radius 1 is 1.14 bits per heavy atom. The van der Waals surface area contributed by atoms with Gasteiger partial charge in [-0.3, -0.25) is 4.79 Å². The Morgan fingerprint density at radius 3 is 2.61 bits per heavy atom. The van der Waals surface area contributed by atoms with Gasteiger partial charge in [0.2, 0.25) is 5.91 Å². The van der Waals surface area contributed by atoms with Crippen LogP contribution in [0.15, 0.2) is 12.2 Å². The molecule has 3 aliphatic carbocycles. The summed E-state index contributed by atoms with van der Waals surface area (Å²) >= 11 is 0. The van der Waals surface area contributed by atoms with E-state index in [0.29, 0.717) is 17.8 Å². The Balaban J connectivity index is 1.53. The molecule has 3 saturated carbocycles. The Morgan fingerprint density at radius 2 is 1.89 bits per heavy atom. The Labute approximate surface area is 169 Å². The van der Waals surface area contributed by atoms with Gasteiger partial charge in [-0.2, -0.15) is 0 Å². The summed E-state index contributed by atoms with van der Waals surface area (Å²) in [5.41, 5.74) is 0.191. The fourth-order valence-corrected chi connectivity index (χ4v) is 7.11. The SMILES string of the molecule is CC(C)(C)CNC(=O)C1CC[C@H]2[C@@H]3CCC4OC(=O)C=C[C@]4(C)[C@@H]3CC[C@]12C. The van der Waals surface area contributed by atoms with Crippen molar-refractivity contribution in [3.05, 3.63) is 12.2 Å². The highest BCUT2D eigenvalue weighted by atomic mass is 16.5. The molecule has 0 spiro atoms. The predicted molar refractivity (Wildman–Crippen MR) is 109 cm³/mol. The first-order chi connectivity index (χ1) is 13.0. The smallest absolute Gasteiger partial charge is 0.330 e. The summed E-state index contributed by atoms with van der Waals surface area (Å²) in [6.07, 6.45) is 10.3. The van der Waals surface area contributed by atoms with Crippen molar-refractivity contribution in [2.75, 3.05) is 6.54 Å². The van der Waals surface area contributed by atoms with Crippen LogP contribution < -0.4 is 5.32 Å². The molecule has 0 aromatic rings. The van der Waals surface area contributed by atoms with Gasteiger partial charge in [0.15, 0.2) is 0 Å². The van der Waals surface area contributed by atoms with E-state index in [1.54, 1.807) is 6.08 Å². The van der Waals surface area contributed by atoms with Crippen molar-refractivity contribution in [3.63, 3.8) is 0 Å². The minimum Gasteiger partial charge on any atom is -0.458 e. The quantitative estimate of drug-likeness (QED) is 0.710. The zero-order valence-electron chi connectivity index (χ0n) is 18.2. The Bertz CT molecular complexity index is 692. The second kappa shape index (κ2) is 6.60. The Kier molecular flexibility index (Phi) is 4.71. The van der Waals surface area contributed by atoms with Crippen molar-refractivity contribution >= 4 is 11.9 Å². The molecule has 1 aliphatic heterocycles. The van der Waals surface area contributed by atoms with Crippen LogP contribution in [0.2, 0.25) is 0 Å². The normalized spacial score (nSPS) is 44.9. The fraction of sp³-hybridized carbons (Fsp3) is 0.833. The van der Waals surface area contributed by atoms with Crippen LogP contribution in [-0.2, 0) is 14.3 Å². The molecule has 4 rings (SSSR count).